The molecule has 0 aliphatic carbocycles. The molecule has 0 aliphatic heterocycles. The summed E-state index contributed by atoms with van der Waals surface area (Å²) >= 11 is 6.02. The van der Waals surface area contributed by atoms with Crippen LogP contribution in [0.1, 0.15) is 24.0 Å². The summed E-state index contributed by atoms with van der Waals surface area (Å²) in [5.41, 5.74) is 5.00. The van der Waals surface area contributed by atoms with Gasteiger partial charge in [0.25, 0.3) is 0 Å². The third-order valence-electron chi connectivity index (χ3n) is 4.57. The highest BCUT2D eigenvalue weighted by Gasteiger charge is 2.18. The molecular weight excluding hydrogens is 384 g/mol. The van der Waals surface area contributed by atoms with Gasteiger partial charge >= 0.3 is 0 Å². The Balaban J connectivity index is 1.73. The van der Waals surface area contributed by atoms with Crippen molar-refractivity contribution in [1.82, 2.24) is 29.5 Å². The van der Waals surface area contributed by atoms with Crippen molar-refractivity contribution in [3.8, 4) is 17.1 Å². The third-order valence-corrected chi connectivity index (χ3v) is 4.82. The standard InChI is InChI=1S/C22H21ClN6/c1-15(2)14-28-22(26-21(27-28)12-17-8-10-24-11-9-17)20-13-25-29(16(20)3)19-6-4-18(23)5-7-19/h4-11,13H,1,12,14H2,2-3H3. The minimum absolute atomic E-state index is 0.601. The van der Waals surface area contributed by atoms with Crippen LogP contribution in [-0.2, 0) is 13.0 Å². The van der Waals surface area contributed by atoms with Crippen molar-refractivity contribution in [3.63, 3.8) is 0 Å². The summed E-state index contributed by atoms with van der Waals surface area (Å²) in [6, 6.07) is 11.5. The fraction of sp³-hybridized carbons (Fsp3) is 0.182. The lowest BCUT2D eigenvalue weighted by molar-refractivity contribution is 0.674. The van der Waals surface area contributed by atoms with E-state index in [1.165, 1.54) is 0 Å². The summed E-state index contributed by atoms with van der Waals surface area (Å²) in [6.07, 6.45) is 6.03. The van der Waals surface area contributed by atoms with E-state index in [-0.39, 0.29) is 0 Å². The fourth-order valence-electron chi connectivity index (χ4n) is 3.18. The van der Waals surface area contributed by atoms with E-state index in [1.54, 1.807) is 12.4 Å². The number of hydrogen-bond donors (Lipinski definition) is 0. The Morgan fingerprint density at radius 3 is 2.52 bits per heavy atom. The van der Waals surface area contributed by atoms with Crippen molar-refractivity contribution < 1.29 is 0 Å². The summed E-state index contributed by atoms with van der Waals surface area (Å²) in [5, 5.41) is 9.99. The molecule has 0 spiro atoms. The third kappa shape index (κ3) is 4.12. The smallest absolute Gasteiger partial charge is 0.162 e. The topological polar surface area (TPSA) is 61.4 Å². The monoisotopic (exact) mass is 404 g/mol. The van der Waals surface area contributed by atoms with E-state index in [2.05, 4.69) is 16.7 Å². The largest absolute Gasteiger partial charge is 0.265 e. The van der Waals surface area contributed by atoms with Crippen molar-refractivity contribution in [2.45, 2.75) is 26.8 Å². The van der Waals surface area contributed by atoms with Crippen molar-refractivity contribution in [2.75, 3.05) is 0 Å². The Hall–Kier alpha value is -3.25. The molecule has 0 amide bonds. The van der Waals surface area contributed by atoms with Crippen LogP contribution in [0, 0.1) is 6.92 Å². The summed E-state index contributed by atoms with van der Waals surface area (Å²) in [4.78, 5) is 8.90. The lowest BCUT2D eigenvalue weighted by Gasteiger charge is -2.07. The maximum absolute atomic E-state index is 6.02. The molecule has 0 atom stereocenters. The maximum Gasteiger partial charge on any atom is 0.162 e. The van der Waals surface area contributed by atoms with Crippen LogP contribution in [0.2, 0.25) is 5.02 Å². The van der Waals surface area contributed by atoms with Crippen LogP contribution >= 0.6 is 11.6 Å². The number of allylic oxidation sites excluding steroid dienone is 1. The van der Waals surface area contributed by atoms with Crippen molar-refractivity contribution in [1.29, 1.82) is 0 Å². The number of nitrogens with zero attached hydrogens (tertiary/aromatic N) is 6. The molecule has 0 fully saturated rings. The molecular formula is C22H21ClN6. The van der Waals surface area contributed by atoms with Gasteiger partial charge in [-0.15, -0.1) is 0 Å². The number of pyridine rings is 1. The summed E-state index contributed by atoms with van der Waals surface area (Å²) < 4.78 is 3.78. The molecule has 3 heterocycles. The van der Waals surface area contributed by atoms with Crippen LogP contribution in [0.3, 0.4) is 0 Å². The Morgan fingerprint density at radius 1 is 1.10 bits per heavy atom. The summed E-state index contributed by atoms with van der Waals surface area (Å²) in [5.74, 6) is 1.54. The van der Waals surface area contributed by atoms with Crippen LogP contribution in [0.4, 0.5) is 0 Å². The van der Waals surface area contributed by atoms with Crippen LogP contribution in [0.25, 0.3) is 17.1 Å². The first-order chi connectivity index (χ1) is 14.0. The predicted octanol–water partition coefficient (Wildman–Crippen LogP) is 4.65. The highest BCUT2D eigenvalue weighted by Crippen LogP contribution is 2.25. The van der Waals surface area contributed by atoms with Crippen molar-refractivity contribution in [3.05, 3.63) is 89.2 Å². The van der Waals surface area contributed by atoms with Gasteiger partial charge in [-0.1, -0.05) is 23.8 Å². The van der Waals surface area contributed by atoms with Gasteiger partial charge in [-0.3, -0.25) is 4.98 Å². The highest BCUT2D eigenvalue weighted by atomic mass is 35.5. The molecule has 0 N–H and O–H groups in total. The van der Waals surface area contributed by atoms with E-state index in [0.29, 0.717) is 18.0 Å². The zero-order valence-electron chi connectivity index (χ0n) is 16.4. The van der Waals surface area contributed by atoms with Crippen molar-refractivity contribution in [2.24, 2.45) is 0 Å². The van der Waals surface area contributed by atoms with Crippen LogP contribution in [0.15, 0.2) is 67.1 Å². The Labute approximate surface area is 174 Å². The lowest BCUT2D eigenvalue weighted by Crippen LogP contribution is -2.05. The van der Waals surface area contributed by atoms with Gasteiger partial charge in [0.05, 0.1) is 29.7 Å². The molecule has 4 rings (SSSR count). The van der Waals surface area contributed by atoms with Gasteiger partial charge in [-0.25, -0.2) is 14.3 Å². The van der Waals surface area contributed by atoms with E-state index in [4.69, 9.17) is 21.7 Å². The SMILES string of the molecule is C=C(C)Cn1nc(Cc2ccncc2)nc1-c1cnn(-c2ccc(Cl)cc2)c1C. The van der Waals surface area contributed by atoms with E-state index in [9.17, 15) is 0 Å². The van der Waals surface area contributed by atoms with Gasteiger partial charge in [0.2, 0.25) is 0 Å². The van der Waals surface area contributed by atoms with Gasteiger partial charge < -0.3 is 0 Å². The first-order valence-corrected chi connectivity index (χ1v) is 9.67. The molecule has 0 unspecified atom stereocenters. The van der Waals surface area contributed by atoms with Gasteiger partial charge in [0.1, 0.15) is 0 Å². The van der Waals surface area contributed by atoms with E-state index < -0.39 is 0 Å². The fourth-order valence-corrected chi connectivity index (χ4v) is 3.31. The number of benzene rings is 1. The molecule has 146 valence electrons. The zero-order chi connectivity index (χ0) is 20.4. The number of hydrogen-bond acceptors (Lipinski definition) is 4. The van der Waals surface area contributed by atoms with Gasteiger partial charge in [-0.05, 0) is 55.8 Å². The molecule has 29 heavy (non-hydrogen) atoms. The average molecular weight is 405 g/mol. The van der Waals surface area contributed by atoms with Crippen molar-refractivity contribution >= 4 is 11.6 Å². The van der Waals surface area contributed by atoms with Crippen LogP contribution < -0.4 is 0 Å². The van der Waals surface area contributed by atoms with Gasteiger partial charge in [0, 0.05) is 23.8 Å². The molecule has 6 nitrogen and oxygen atoms in total. The lowest BCUT2D eigenvalue weighted by atomic mass is 10.2. The zero-order valence-corrected chi connectivity index (χ0v) is 17.1. The molecule has 0 aliphatic rings. The summed E-state index contributed by atoms with van der Waals surface area (Å²) in [7, 11) is 0. The van der Waals surface area contributed by atoms with E-state index in [1.807, 2.05) is 65.8 Å². The second kappa shape index (κ2) is 8.01. The van der Waals surface area contributed by atoms with Gasteiger partial charge in [-0.2, -0.15) is 10.2 Å². The normalized spacial score (nSPS) is 11.0. The predicted molar refractivity (Wildman–Crippen MR) is 114 cm³/mol. The molecule has 7 heteroatoms. The number of aromatic nitrogens is 6. The first-order valence-electron chi connectivity index (χ1n) is 9.29. The molecule has 0 radical (unpaired) electrons. The van der Waals surface area contributed by atoms with E-state index >= 15 is 0 Å². The summed E-state index contributed by atoms with van der Waals surface area (Å²) in [6.45, 7) is 8.64. The Kier molecular flexibility index (Phi) is 5.27. The molecule has 4 aromatic rings. The minimum Gasteiger partial charge on any atom is -0.265 e. The second-order valence-electron chi connectivity index (χ2n) is 7.03. The Bertz CT molecular complexity index is 1140. The molecule has 0 saturated carbocycles. The van der Waals surface area contributed by atoms with Crippen LogP contribution in [-0.4, -0.2) is 29.5 Å². The van der Waals surface area contributed by atoms with Crippen LogP contribution in [0.5, 0.6) is 0 Å². The van der Waals surface area contributed by atoms with E-state index in [0.717, 1.165) is 39.7 Å². The average Bonchev–Trinajstić information content (AvgIpc) is 3.26. The first kappa shape index (κ1) is 19.1. The Morgan fingerprint density at radius 2 is 1.83 bits per heavy atom. The quantitative estimate of drug-likeness (QED) is 0.439. The number of halogens is 1. The second-order valence-corrected chi connectivity index (χ2v) is 7.47. The minimum atomic E-state index is 0.601. The molecule has 0 bridgehead atoms. The highest BCUT2D eigenvalue weighted by molar-refractivity contribution is 6.30. The number of rotatable bonds is 6. The molecule has 1 aromatic carbocycles. The maximum atomic E-state index is 6.02. The molecule has 3 aromatic heterocycles. The van der Waals surface area contributed by atoms with Gasteiger partial charge in [0.15, 0.2) is 11.6 Å². The molecule has 0 saturated heterocycles.